The van der Waals surface area contributed by atoms with E-state index < -0.39 is 0 Å². The third kappa shape index (κ3) is 6.49. The molecule has 0 fully saturated rings. The second kappa shape index (κ2) is 11.4. The van der Waals surface area contributed by atoms with Crippen molar-refractivity contribution in [1.29, 1.82) is 0 Å². The molecule has 0 aliphatic heterocycles. The summed E-state index contributed by atoms with van der Waals surface area (Å²) in [5.41, 5.74) is 6.80. The molecule has 2 unspecified atom stereocenters. The molecule has 180 valence electrons. The monoisotopic (exact) mass is 586 g/mol. The van der Waals surface area contributed by atoms with Gasteiger partial charge in [0.2, 0.25) is 0 Å². The Hall–Kier alpha value is -1.71. The lowest BCUT2D eigenvalue weighted by Crippen LogP contribution is -2.23. The van der Waals surface area contributed by atoms with Crippen LogP contribution in [-0.4, -0.2) is 6.29 Å². The fraction of sp³-hybridized carbons (Fsp3) is 0.367. The van der Waals surface area contributed by atoms with Crippen LogP contribution in [-0.2, 0) is 15.2 Å². The maximum atomic E-state index is 11.9. The Morgan fingerprint density at radius 2 is 1.71 bits per heavy atom. The fourth-order valence-corrected chi connectivity index (χ4v) is 6.45. The Morgan fingerprint density at radius 1 is 1.00 bits per heavy atom. The molecule has 0 heterocycles. The van der Waals surface area contributed by atoms with Crippen LogP contribution in [0.1, 0.15) is 78.7 Å². The molecule has 34 heavy (non-hydrogen) atoms. The number of hydrogen-bond donors (Lipinski definition) is 0. The molecule has 0 bridgehead atoms. The Kier molecular flexibility index (Phi) is 8.98. The maximum absolute atomic E-state index is 11.9. The van der Waals surface area contributed by atoms with E-state index in [1.807, 2.05) is 19.1 Å². The number of ether oxygens (including phenoxy) is 1. The van der Waals surface area contributed by atoms with Gasteiger partial charge in [0.25, 0.3) is 0 Å². The second-order valence-corrected chi connectivity index (χ2v) is 14.4. The summed E-state index contributed by atoms with van der Waals surface area (Å²) in [4.78, 5) is 11.9. The summed E-state index contributed by atoms with van der Waals surface area (Å²) >= 11 is 2.52. The first-order chi connectivity index (χ1) is 16.1. The first-order valence-electron chi connectivity index (χ1n) is 11.9. The van der Waals surface area contributed by atoms with Gasteiger partial charge in [0.1, 0.15) is 12.4 Å². The number of carbonyl (C=O) groups is 1. The molecule has 4 heteroatoms. The molecule has 0 aliphatic carbocycles. The SMILES string of the molecule is CCCC(C)(Pc1ccc(C)cc1C=O)c1cc(C(C)(C)I)cc(C)c1OCc1ccccc1. The molecule has 2 nitrogen and oxygen atoms in total. The van der Waals surface area contributed by atoms with Crippen LogP contribution in [0.4, 0.5) is 0 Å². The van der Waals surface area contributed by atoms with Gasteiger partial charge in [0.15, 0.2) is 6.29 Å². The van der Waals surface area contributed by atoms with Gasteiger partial charge in [-0.2, -0.15) is 0 Å². The van der Waals surface area contributed by atoms with Crippen LogP contribution < -0.4 is 10.0 Å². The van der Waals surface area contributed by atoms with Crippen LogP contribution in [0.15, 0.2) is 60.7 Å². The van der Waals surface area contributed by atoms with E-state index in [0.29, 0.717) is 15.2 Å². The highest BCUT2D eigenvalue weighted by Gasteiger charge is 2.33. The summed E-state index contributed by atoms with van der Waals surface area (Å²) in [6.45, 7) is 13.8. The average molecular weight is 586 g/mol. The van der Waals surface area contributed by atoms with Gasteiger partial charge in [-0.1, -0.05) is 106 Å². The smallest absolute Gasteiger partial charge is 0.150 e. The van der Waals surface area contributed by atoms with Crippen LogP contribution >= 0.6 is 31.2 Å². The zero-order chi connectivity index (χ0) is 24.9. The first kappa shape index (κ1) is 26.9. The Morgan fingerprint density at radius 3 is 2.32 bits per heavy atom. The number of hydrogen-bond acceptors (Lipinski definition) is 2. The van der Waals surface area contributed by atoms with Crippen LogP contribution in [0.3, 0.4) is 0 Å². The van der Waals surface area contributed by atoms with Gasteiger partial charge in [-0.3, -0.25) is 4.79 Å². The molecule has 0 amide bonds. The molecule has 2 atom stereocenters. The van der Waals surface area contributed by atoms with Gasteiger partial charge in [-0.25, -0.2) is 0 Å². The predicted molar refractivity (Wildman–Crippen MR) is 156 cm³/mol. The fourth-order valence-electron chi connectivity index (χ4n) is 4.40. The van der Waals surface area contributed by atoms with Crippen molar-refractivity contribution < 1.29 is 9.53 Å². The topological polar surface area (TPSA) is 26.3 Å². The number of halogens is 1. The molecule has 0 radical (unpaired) electrons. The highest BCUT2D eigenvalue weighted by atomic mass is 127. The molecule has 0 saturated carbocycles. The third-order valence-electron chi connectivity index (χ3n) is 6.28. The van der Waals surface area contributed by atoms with E-state index in [1.54, 1.807) is 0 Å². The van der Waals surface area contributed by atoms with Crippen LogP contribution in [0, 0.1) is 13.8 Å². The van der Waals surface area contributed by atoms with Gasteiger partial charge in [-0.15, -0.1) is 0 Å². The largest absolute Gasteiger partial charge is 0.488 e. The summed E-state index contributed by atoms with van der Waals surface area (Å²) in [6.07, 6.45) is 3.08. The summed E-state index contributed by atoms with van der Waals surface area (Å²) in [6, 6.07) is 21.2. The summed E-state index contributed by atoms with van der Waals surface area (Å²) < 4.78 is 6.56. The van der Waals surface area contributed by atoms with E-state index in [4.69, 9.17) is 4.74 Å². The minimum absolute atomic E-state index is 0.00326. The van der Waals surface area contributed by atoms with Gasteiger partial charge in [-0.05, 0) is 68.2 Å². The first-order valence-corrected chi connectivity index (χ1v) is 14.0. The quantitative estimate of drug-likeness (QED) is 0.103. The van der Waals surface area contributed by atoms with Crippen LogP contribution in [0.5, 0.6) is 5.75 Å². The minimum Gasteiger partial charge on any atom is -0.488 e. The van der Waals surface area contributed by atoms with Crippen LogP contribution in [0.25, 0.3) is 0 Å². The molecular weight excluding hydrogens is 550 g/mol. The lowest BCUT2D eigenvalue weighted by atomic mass is 9.88. The lowest BCUT2D eigenvalue weighted by molar-refractivity contribution is 0.112. The zero-order valence-corrected chi connectivity index (χ0v) is 24.3. The minimum atomic E-state index is -0.142. The Labute approximate surface area is 220 Å². The third-order valence-corrected chi connectivity index (χ3v) is 8.69. The number of aldehydes is 1. The molecule has 3 aromatic carbocycles. The highest BCUT2D eigenvalue weighted by molar-refractivity contribution is 14.1. The number of alkyl halides is 1. The van der Waals surface area contributed by atoms with Crippen molar-refractivity contribution in [1.82, 2.24) is 0 Å². The van der Waals surface area contributed by atoms with Crippen molar-refractivity contribution in [3.8, 4) is 5.75 Å². The Balaban J connectivity index is 2.14. The number of rotatable bonds is 10. The molecular formula is C30H36IO2P. The van der Waals surface area contributed by atoms with E-state index in [1.165, 1.54) is 16.7 Å². The van der Waals surface area contributed by atoms with E-state index in [0.717, 1.165) is 46.9 Å². The number of aryl methyl sites for hydroxylation is 2. The standard InChI is InChI=1S/C30H36IO2P/c1-7-15-30(6,34-27-14-13-21(2)16-24(27)19-32)26-18-25(29(4,5)31)17-22(3)28(26)33-20-23-11-9-8-10-12-23/h8-14,16-19,34H,7,15,20H2,1-6H3. The van der Waals surface area contributed by atoms with E-state index in [2.05, 4.69) is 106 Å². The van der Waals surface area contributed by atoms with E-state index in [9.17, 15) is 4.79 Å². The van der Waals surface area contributed by atoms with Crippen molar-refractivity contribution in [2.45, 2.75) is 69.6 Å². The summed E-state index contributed by atoms with van der Waals surface area (Å²) in [5, 5.41) is 0.985. The molecule has 0 N–H and O–H groups in total. The van der Waals surface area contributed by atoms with Crippen molar-refractivity contribution in [2.24, 2.45) is 0 Å². The van der Waals surface area contributed by atoms with Gasteiger partial charge < -0.3 is 4.74 Å². The lowest BCUT2D eigenvalue weighted by Gasteiger charge is -2.34. The normalized spacial score (nSPS) is 13.7. The van der Waals surface area contributed by atoms with Gasteiger partial charge in [0.05, 0.1) is 0 Å². The van der Waals surface area contributed by atoms with Crippen molar-refractivity contribution in [2.75, 3.05) is 0 Å². The second-order valence-electron chi connectivity index (χ2n) is 9.83. The van der Waals surface area contributed by atoms with Crippen LogP contribution in [0.2, 0.25) is 0 Å². The summed E-state index contributed by atoms with van der Waals surface area (Å²) in [7, 11) is 0.465. The molecule has 0 spiro atoms. The van der Waals surface area contributed by atoms with Gasteiger partial charge >= 0.3 is 0 Å². The van der Waals surface area contributed by atoms with E-state index in [-0.39, 0.29) is 8.58 Å². The molecule has 3 aromatic rings. The van der Waals surface area contributed by atoms with Gasteiger partial charge in [0, 0.05) is 19.7 Å². The number of benzene rings is 3. The summed E-state index contributed by atoms with van der Waals surface area (Å²) in [5.74, 6) is 0.983. The average Bonchev–Trinajstić information content (AvgIpc) is 2.79. The maximum Gasteiger partial charge on any atom is 0.150 e. The van der Waals surface area contributed by atoms with Crippen molar-refractivity contribution >= 4 is 42.8 Å². The zero-order valence-electron chi connectivity index (χ0n) is 21.2. The Bertz CT molecular complexity index is 1130. The molecule has 0 aromatic heterocycles. The predicted octanol–water partition coefficient (Wildman–Crippen LogP) is 8.38. The number of carbonyl (C=O) groups excluding carboxylic acids is 1. The molecule has 0 saturated heterocycles. The van der Waals surface area contributed by atoms with E-state index >= 15 is 0 Å². The van der Waals surface area contributed by atoms with Crippen molar-refractivity contribution in [3.63, 3.8) is 0 Å². The molecule has 3 rings (SSSR count). The highest BCUT2D eigenvalue weighted by Crippen LogP contribution is 2.51. The van der Waals surface area contributed by atoms with Crippen molar-refractivity contribution in [3.05, 3.63) is 94.0 Å². The molecule has 0 aliphatic rings.